The first-order chi connectivity index (χ1) is 7.69. The zero-order valence-electron chi connectivity index (χ0n) is 8.54. The smallest absolute Gasteiger partial charge is 0.170 e. The Balaban J connectivity index is 3.03. The van der Waals surface area contributed by atoms with E-state index >= 15 is 0 Å². The van der Waals surface area contributed by atoms with E-state index < -0.39 is 12.6 Å². The zero-order valence-corrected chi connectivity index (χ0v) is 8.54. The number of oxime groups is 1. The summed E-state index contributed by atoms with van der Waals surface area (Å²) in [5.74, 6) is -0.816. The lowest BCUT2D eigenvalue weighted by molar-refractivity contribution is -0.307. The summed E-state index contributed by atoms with van der Waals surface area (Å²) < 4.78 is 9.97. The van der Waals surface area contributed by atoms with Crippen molar-refractivity contribution in [1.82, 2.24) is 0 Å². The number of carboxylic acid groups (broad SMARTS) is 1. The van der Waals surface area contributed by atoms with E-state index in [-0.39, 0.29) is 5.75 Å². The highest BCUT2D eigenvalue weighted by Crippen LogP contribution is 2.29. The van der Waals surface area contributed by atoms with Crippen molar-refractivity contribution in [2.24, 2.45) is 5.16 Å². The van der Waals surface area contributed by atoms with Gasteiger partial charge < -0.3 is 24.6 Å². The van der Waals surface area contributed by atoms with Crippen LogP contribution in [0.2, 0.25) is 0 Å². The number of carboxylic acids is 1. The molecular weight excluding hydrogens is 214 g/mol. The van der Waals surface area contributed by atoms with Gasteiger partial charge in [-0.25, -0.2) is 0 Å². The lowest BCUT2D eigenvalue weighted by Crippen LogP contribution is -2.29. The fourth-order valence-corrected chi connectivity index (χ4v) is 1.14. The van der Waals surface area contributed by atoms with Gasteiger partial charge in [0.2, 0.25) is 0 Å². The van der Waals surface area contributed by atoms with Crippen LogP contribution in [0.5, 0.6) is 11.5 Å². The third-order valence-electron chi connectivity index (χ3n) is 1.76. The number of ether oxygens (including phenoxy) is 2. The second-order valence-corrected chi connectivity index (χ2v) is 2.78. The van der Waals surface area contributed by atoms with Gasteiger partial charge >= 0.3 is 0 Å². The molecule has 1 rings (SSSR count). The van der Waals surface area contributed by atoms with Crippen LogP contribution in [-0.4, -0.2) is 31.1 Å². The highest BCUT2D eigenvalue weighted by Gasteiger charge is 2.09. The van der Waals surface area contributed by atoms with E-state index in [2.05, 4.69) is 5.16 Å². The lowest BCUT2D eigenvalue weighted by atomic mass is 10.2. The number of rotatable bonds is 5. The Hall–Kier alpha value is -2.24. The van der Waals surface area contributed by atoms with Crippen LogP contribution in [0.3, 0.4) is 0 Å². The molecule has 0 aromatic heterocycles. The number of hydrogen-bond acceptors (Lipinski definition) is 6. The minimum Gasteiger partial charge on any atom is -0.546 e. The summed E-state index contributed by atoms with van der Waals surface area (Å²) in [7, 11) is 1.42. The van der Waals surface area contributed by atoms with Gasteiger partial charge in [-0.2, -0.15) is 0 Å². The molecular formula is C10H10NO5-. The molecule has 0 bridgehead atoms. The molecule has 86 valence electrons. The Morgan fingerprint density at radius 2 is 2.38 bits per heavy atom. The van der Waals surface area contributed by atoms with Crippen LogP contribution in [0.1, 0.15) is 5.56 Å². The van der Waals surface area contributed by atoms with Crippen molar-refractivity contribution in [3.05, 3.63) is 23.8 Å². The van der Waals surface area contributed by atoms with Crippen LogP contribution in [0, 0.1) is 0 Å². The second-order valence-electron chi connectivity index (χ2n) is 2.78. The average Bonchev–Trinajstić information content (AvgIpc) is 2.27. The van der Waals surface area contributed by atoms with Gasteiger partial charge in [0, 0.05) is 5.56 Å². The molecule has 0 saturated heterocycles. The molecule has 0 atom stereocenters. The maximum atomic E-state index is 10.3. The maximum Gasteiger partial charge on any atom is 0.170 e. The van der Waals surface area contributed by atoms with Gasteiger partial charge in [-0.05, 0) is 12.1 Å². The number of nitrogens with zero attached hydrogens (tertiary/aromatic N) is 1. The molecule has 0 unspecified atom stereocenters. The third kappa shape index (κ3) is 2.88. The van der Waals surface area contributed by atoms with Crippen LogP contribution in [-0.2, 0) is 4.79 Å². The van der Waals surface area contributed by atoms with E-state index in [9.17, 15) is 9.90 Å². The summed E-state index contributed by atoms with van der Waals surface area (Å²) in [6, 6.07) is 4.84. The normalized spacial score (nSPS) is 10.3. The molecule has 0 amide bonds. The van der Waals surface area contributed by atoms with Gasteiger partial charge in [0.1, 0.15) is 6.61 Å². The highest BCUT2D eigenvalue weighted by atomic mass is 16.5. The Morgan fingerprint density at radius 3 is 2.94 bits per heavy atom. The molecule has 1 N–H and O–H groups in total. The number of aliphatic carboxylic acids is 1. The first kappa shape index (κ1) is 11.8. The minimum absolute atomic E-state index is 0.187. The van der Waals surface area contributed by atoms with Crippen LogP contribution in [0.4, 0.5) is 0 Å². The van der Waals surface area contributed by atoms with Gasteiger partial charge in [-0.15, -0.1) is 0 Å². The monoisotopic (exact) mass is 224 g/mol. The maximum absolute atomic E-state index is 10.3. The van der Waals surface area contributed by atoms with E-state index in [1.807, 2.05) is 0 Å². The van der Waals surface area contributed by atoms with Crippen molar-refractivity contribution < 1.29 is 24.6 Å². The van der Waals surface area contributed by atoms with Crippen molar-refractivity contribution in [3.8, 4) is 11.5 Å². The van der Waals surface area contributed by atoms with Crippen molar-refractivity contribution >= 4 is 12.2 Å². The predicted octanol–water partition coefficient (Wildman–Crippen LogP) is -0.368. The van der Waals surface area contributed by atoms with Gasteiger partial charge in [-0.3, -0.25) is 0 Å². The molecule has 0 spiro atoms. The summed E-state index contributed by atoms with van der Waals surface area (Å²) >= 11 is 0. The Kier molecular flexibility index (Phi) is 4.14. The van der Waals surface area contributed by atoms with E-state index in [4.69, 9.17) is 14.7 Å². The van der Waals surface area contributed by atoms with Gasteiger partial charge in [0.05, 0.1) is 19.3 Å². The molecule has 16 heavy (non-hydrogen) atoms. The van der Waals surface area contributed by atoms with Crippen molar-refractivity contribution in [1.29, 1.82) is 0 Å². The molecule has 0 radical (unpaired) electrons. The molecule has 0 aliphatic heterocycles. The second kappa shape index (κ2) is 5.59. The first-order valence-electron chi connectivity index (χ1n) is 4.36. The topological polar surface area (TPSA) is 91.2 Å². The number of carbonyl (C=O) groups is 1. The highest BCUT2D eigenvalue weighted by molar-refractivity contribution is 5.84. The first-order valence-corrected chi connectivity index (χ1v) is 4.36. The zero-order chi connectivity index (χ0) is 12.0. The number of hydrogen-bond donors (Lipinski definition) is 1. The van der Waals surface area contributed by atoms with Crippen molar-refractivity contribution in [3.63, 3.8) is 0 Å². The summed E-state index contributed by atoms with van der Waals surface area (Å²) in [5, 5.41) is 21.6. The molecule has 0 heterocycles. The lowest BCUT2D eigenvalue weighted by Gasteiger charge is -2.12. The fraction of sp³-hybridized carbons (Fsp3) is 0.200. The molecule has 1 aromatic carbocycles. The average molecular weight is 224 g/mol. The van der Waals surface area contributed by atoms with Crippen LogP contribution in [0.25, 0.3) is 0 Å². The molecule has 6 nitrogen and oxygen atoms in total. The summed E-state index contributed by atoms with van der Waals surface area (Å²) in [4.78, 5) is 10.3. The molecule has 0 aliphatic rings. The third-order valence-corrected chi connectivity index (χ3v) is 1.76. The van der Waals surface area contributed by atoms with Gasteiger partial charge in [0.25, 0.3) is 0 Å². The van der Waals surface area contributed by atoms with E-state index in [1.165, 1.54) is 7.11 Å². The Bertz CT molecular complexity index is 402. The number of methoxy groups -OCH3 is 1. The summed E-state index contributed by atoms with van der Waals surface area (Å²) in [6.45, 7) is -0.605. The largest absolute Gasteiger partial charge is 0.546 e. The van der Waals surface area contributed by atoms with Crippen molar-refractivity contribution in [2.75, 3.05) is 13.7 Å². The quantitative estimate of drug-likeness (QED) is 0.418. The van der Waals surface area contributed by atoms with Crippen LogP contribution < -0.4 is 14.6 Å². The van der Waals surface area contributed by atoms with E-state index in [0.29, 0.717) is 11.3 Å². The number of benzene rings is 1. The van der Waals surface area contributed by atoms with Crippen LogP contribution >= 0.6 is 0 Å². The molecule has 0 aliphatic carbocycles. The SMILES string of the molecule is COc1cccc(/C=N\O)c1OCC(=O)[O-]. The molecule has 0 saturated carbocycles. The molecule has 1 aromatic rings. The molecule has 0 fully saturated rings. The number of para-hydroxylation sites is 1. The minimum atomic E-state index is -1.35. The standard InChI is InChI=1S/C10H11NO5/c1-15-8-4-2-3-7(5-11-14)10(8)16-6-9(12)13/h2-5,14H,6H2,1H3,(H,12,13)/p-1/b11-5-. The Labute approximate surface area is 91.7 Å². The van der Waals surface area contributed by atoms with Crippen LogP contribution in [0.15, 0.2) is 23.4 Å². The van der Waals surface area contributed by atoms with Crippen molar-refractivity contribution in [2.45, 2.75) is 0 Å². The summed E-state index contributed by atoms with van der Waals surface area (Å²) in [5.41, 5.74) is 0.406. The summed E-state index contributed by atoms with van der Waals surface area (Å²) in [6.07, 6.45) is 1.12. The fourth-order valence-electron chi connectivity index (χ4n) is 1.14. The predicted molar refractivity (Wildman–Crippen MR) is 52.9 cm³/mol. The van der Waals surface area contributed by atoms with E-state index in [1.54, 1.807) is 18.2 Å². The van der Waals surface area contributed by atoms with E-state index in [0.717, 1.165) is 6.21 Å². The number of carbonyl (C=O) groups excluding carboxylic acids is 1. The molecule has 6 heteroatoms. The Morgan fingerprint density at radius 1 is 1.62 bits per heavy atom. The van der Waals surface area contributed by atoms with Gasteiger partial charge in [-0.1, -0.05) is 11.2 Å². The van der Waals surface area contributed by atoms with Gasteiger partial charge in [0.15, 0.2) is 11.5 Å².